The molecule has 0 heterocycles. The molecule has 16 heavy (non-hydrogen) atoms. The van der Waals surface area contributed by atoms with Gasteiger partial charge in [0.25, 0.3) is 0 Å². The van der Waals surface area contributed by atoms with Gasteiger partial charge in [0.1, 0.15) is 0 Å². The van der Waals surface area contributed by atoms with Crippen LogP contribution in [0.5, 0.6) is 0 Å². The van der Waals surface area contributed by atoms with Crippen LogP contribution in [0, 0.1) is 24.7 Å². The Labute approximate surface area is 97.5 Å². The van der Waals surface area contributed by atoms with Gasteiger partial charge in [-0.1, -0.05) is 0 Å². The highest BCUT2D eigenvalue weighted by atomic mass is 16.7. The van der Waals surface area contributed by atoms with E-state index in [1.807, 2.05) is 0 Å². The smallest absolute Gasteiger partial charge is 0.434 e. The van der Waals surface area contributed by atoms with Crippen molar-refractivity contribution in [3.05, 3.63) is 0 Å². The standard InChI is InChI=1S/C13H18O3/c1-3-5-7-9-11-15-13(14)16-12-10-8-6-4-2/h1-2H,5-12H2. The fraction of sp³-hybridized carbons (Fsp3) is 0.615. The third kappa shape index (κ3) is 10.5. The van der Waals surface area contributed by atoms with Gasteiger partial charge in [0, 0.05) is 12.8 Å². The summed E-state index contributed by atoms with van der Waals surface area (Å²) in [6.07, 6.45) is 14.3. The van der Waals surface area contributed by atoms with Gasteiger partial charge in [0.15, 0.2) is 0 Å². The Kier molecular flexibility index (Phi) is 10.3. The summed E-state index contributed by atoms with van der Waals surface area (Å²) in [5, 5.41) is 0. The highest BCUT2D eigenvalue weighted by Gasteiger charge is 2.02. The molecule has 0 aromatic heterocycles. The van der Waals surface area contributed by atoms with Gasteiger partial charge in [-0.15, -0.1) is 24.7 Å². The van der Waals surface area contributed by atoms with E-state index >= 15 is 0 Å². The minimum absolute atomic E-state index is 0.366. The summed E-state index contributed by atoms with van der Waals surface area (Å²) in [6, 6.07) is 0. The first-order chi connectivity index (χ1) is 7.81. The molecule has 0 rings (SSSR count). The molecule has 0 aromatic carbocycles. The molecule has 0 aliphatic rings. The highest BCUT2D eigenvalue weighted by molar-refractivity contribution is 5.59. The van der Waals surface area contributed by atoms with Gasteiger partial charge in [-0.2, -0.15) is 0 Å². The van der Waals surface area contributed by atoms with Crippen molar-refractivity contribution >= 4 is 6.16 Å². The summed E-state index contributed by atoms with van der Waals surface area (Å²) < 4.78 is 9.65. The number of hydrogen-bond donors (Lipinski definition) is 0. The minimum Gasteiger partial charge on any atom is -0.434 e. The first-order valence-corrected chi connectivity index (χ1v) is 5.47. The number of terminal acetylenes is 2. The van der Waals surface area contributed by atoms with Gasteiger partial charge in [0.2, 0.25) is 0 Å². The lowest BCUT2D eigenvalue weighted by atomic mass is 10.2. The van der Waals surface area contributed by atoms with Gasteiger partial charge in [-0.05, 0) is 25.7 Å². The van der Waals surface area contributed by atoms with Crippen molar-refractivity contribution in [2.45, 2.75) is 38.5 Å². The summed E-state index contributed by atoms with van der Waals surface area (Å²) >= 11 is 0. The lowest BCUT2D eigenvalue weighted by molar-refractivity contribution is 0.0533. The van der Waals surface area contributed by atoms with E-state index in [4.69, 9.17) is 22.3 Å². The topological polar surface area (TPSA) is 35.5 Å². The first kappa shape index (κ1) is 14.4. The van der Waals surface area contributed by atoms with E-state index in [0.717, 1.165) is 25.7 Å². The van der Waals surface area contributed by atoms with Gasteiger partial charge in [-0.25, -0.2) is 4.79 Å². The second-order valence-corrected chi connectivity index (χ2v) is 3.27. The van der Waals surface area contributed by atoms with Crippen molar-refractivity contribution < 1.29 is 14.3 Å². The van der Waals surface area contributed by atoms with Crippen LogP contribution in [0.1, 0.15) is 38.5 Å². The third-order valence-electron chi connectivity index (χ3n) is 1.87. The monoisotopic (exact) mass is 222 g/mol. The van der Waals surface area contributed by atoms with Crippen molar-refractivity contribution in [3.63, 3.8) is 0 Å². The lowest BCUT2D eigenvalue weighted by Gasteiger charge is -2.04. The zero-order valence-electron chi connectivity index (χ0n) is 9.54. The summed E-state index contributed by atoms with van der Waals surface area (Å²) in [4.78, 5) is 11.0. The van der Waals surface area contributed by atoms with E-state index in [2.05, 4.69) is 11.8 Å². The molecule has 0 aromatic rings. The van der Waals surface area contributed by atoms with E-state index in [0.29, 0.717) is 26.1 Å². The minimum atomic E-state index is -0.610. The molecule has 0 saturated heterocycles. The zero-order chi connectivity index (χ0) is 12.1. The lowest BCUT2D eigenvalue weighted by Crippen LogP contribution is -2.09. The molecule has 0 aliphatic carbocycles. The van der Waals surface area contributed by atoms with Gasteiger partial charge in [0.05, 0.1) is 13.2 Å². The van der Waals surface area contributed by atoms with Gasteiger partial charge >= 0.3 is 6.16 Å². The van der Waals surface area contributed by atoms with Crippen LogP contribution in [-0.2, 0) is 9.47 Å². The Hall–Kier alpha value is -1.61. The van der Waals surface area contributed by atoms with Crippen LogP contribution in [0.2, 0.25) is 0 Å². The highest BCUT2D eigenvalue weighted by Crippen LogP contribution is 1.98. The van der Waals surface area contributed by atoms with Crippen LogP contribution in [-0.4, -0.2) is 19.4 Å². The van der Waals surface area contributed by atoms with Gasteiger partial charge in [-0.3, -0.25) is 0 Å². The zero-order valence-corrected chi connectivity index (χ0v) is 9.54. The molecule has 0 aliphatic heterocycles. The Morgan fingerprint density at radius 2 is 1.31 bits per heavy atom. The van der Waals surface area contributed by atoms with Crippen molar-refractivity contribution in [2.24, 2.45) is 0 Å². The molecule has 0 spiro atoms. The molecule has 0 atom stereocenters. The Morgan fingerprint density at radius 3 is 1.69 bits per heavy atom. The van der Waals surface area contributed by atoms with Crippen LogP contribution in [0.4, 0.5) is 4.79 Å². The third-order valence-corrected chi connectivity index (χ3v) is 1.87. The molecule has 0 radical (unpaired) electrons. The number of carbonyl (C=O) groups is 1. The second kappa shape index (κ2) is 11.5. The van der Waals surface area contributed by atoms with Crippen LogP contribution < -0.4 is 0 Å². The van der Waals surface area contributed by atoms with Crippen LogP contribution in [0.15, 0.2) is 0 Å². The van der Waals surface area contributed by atoms with E-state index in [9.17, 15) is 4.79 Å². The average Bonchev–Trinajstić information content (AvgIpc) is 2.28. The van der Waals surface area contributed by atoms with E-state index < -0.39 is 6.16 Å². The molecule has 0 bridgehead atoms. The Morgan fingerprint density at radius 1 is 0.875 bits per heavy atom. The molecule has 0 unspecified atom stereocenters. The van der Waals surface area contributed by atoms with E-state index in [1.54, 1.807) is 0 Å². The largest absolute Gasteiger partial charge is 0.508 e. The predicted molar refractivity (Wildman–Crippen MR) is 62.7 cm³/mol. The first-order valence-electron chi connectivity index (χ1n) is 5.47. The molecule has 3 heteroatoms. The van der Waals surface area contributed by atoms with Crippen molar-refractivity contribution in [3.8, 4) is 24.7 Å². The summed E-state index contributed by atoms with van der Waals surface area (Å²) in [6.45, 7) is 0.732. The number of hydrogen-bond acceptors (Lipinski definition) is 3. The molecule has 0 amide bonds. The van der Waals surface area contributed by atoms with Crippen LogP contribution in [0.3, 0.4) is 0 Å². The molecule has 88 valence electrons. The molecular formula is C13H18O3. The fourth-order valence-electron chi connectivity index (χ4n) is 1.01. The summed E-state index contributed by atoms with van der Waals surface area (Å²) in [5.41, 5.74) is 0. The maximum absolute atomic E-state index is 11.0. The molecular weight excluding hydrogens is 204 g/mol. The normalized spacial score (nSPS) is 8.88. The van der Waals surface area contributed by atoms with Crippen LogP contribution >= 0.6 is 0 Å². The fourth-order valence-corrected chi connectivity index (χ4v) is 1.01. The summed E-state index contributed by atoms with van der Waals surface area (Å²) in [7, 11) is 0. The van der Waals surface area contributed by atoms with Crippen molar-refractivity contribution in [1.82, 2.24) is 0 Å². The number of rotatable bonds is 8. The second-order valence-electron chi connectivity index (χ2n) is 3.27. The van der Waals surface area contributed by atoms with E-state index in [1.165, 1.54) is 0 Å². The summed E-state index contributed by atoms with van der Waals surface area (Å²) in [5.74, 6) is 5.04. The van der Waals surface area contributed by atoms with Gasteiger partial charge < -0.3 is 9.47 Å². The quantitative estimate of drug-likeness (QED) is 0.360. The van der Waals surface area contributed by atoms with Crippen molar-refractivity contribution in [1.29, 1.82) is 0 Å². The average molecular weight is 222 g/mol. The molecule has 0 fully saturated rings. The SMILES string of the molecule is C#CCCCCOC(=O)OCCCCC#C. The maximum Gasteiger partial charge on any atom is 0.508 e. The molecule has 3 nitrogen and oxygen atoms in total. The number of ether oxygens (including phenoxy) is 2. The number of unbranched alkanes of at least 4 members (excludes halogenated alkanes) is 4. The Balaban J connectivity index is 3.19. The molecule has 0 N–H and O–H groups in total. The van der Waals surface area contributed by atoms with Crippen LogP contribution in [0.25, 0.3) is 0 Å². The number of carbonyl (C=O) groups excluding carboxylic acids is 1. The Bertz CT molecular complexity index is 231. The molecule has 0 saturated carbocycles. The maximum atomic E-state index is 11.0. The van der Waals surface area contributed by atoms with Crippen molar-refractivity contribution in [2.75, 3.05) is 13.2 Å². The predicted octanol–water partition coefficient (Wildman–Crippen LogP) is 2.75. The van der Waals surface area contributed by atoms with E-state index in [-0.39, 0.29) is 0 Å².